The lowest BCUT2D eigenvalue weighted by Gasteiger charge is -2.22. The maximum absolute atomic E-state index is 10.6. The number of imidazole rings is 1. The minimum atomic E-state index is -5.08. The first-order chi connectivity index (χ1) is 16.2. The largest absolute Gasteiger partial charge is 0.490 e. The Morgan fingerprint density at radius 3 is 2.68 bits per heavy atom. The van der Waals surface area contributed by atoms with Crippen molar-refractivity contribution in [1.29, 1.82) is 0 Å². The van der Waals surface area contributed by atoms with E-state index in [1.807, 2.05) is 6.07 Å². The molecule has 1 saturated heterocycles. The molecule has 3 aliphatic rings. The minimum Gasteiger partial charge on any atom is -0.475 e. The number of thiophene rings is 1. The molecule has 7 nitrogen and oxygen atoms in total. The minimum absolute atomic E-state index is 0.214. The Labute approximate surface area is 197 Å². The first kappa shape index (κ1) is 22.7. The average Bonchev–Trinajstić information content (AvgIpc) is 3.60. The summed E-state index contributed by atoms with van der Waals surface area (Å²) in [6.45, 7) is 4.58. The van der Waals surface area contributed by atoms with Gasteiger partial charge in [-0.05, 0) is 48.5 Å². The first-order valence-electron chi connectivity index (χ1n) is 10.8. The van der Waals surface area contributed by atoms with E-state index in [-0.39, 0.29) is 5.41 Å². The highest BCUT2D eigenvalue weighted by Gasteiger charge is 2.46. The fraction of sp³-hybridized carbons (Fsp3) is 0.391. The van der Waals surface area contributed by atoms with Crippen molar-refractivity contribution >= 4 is 17.3 Å². The number of hydrogen-bond donors (Lipinski definition) is 1. The molecule has 5 heterocycles. The van der Waals surface area contributed by atoms with E-state index >= 15 is 0 Å². The normalized spacial score (nSPS) is 20.9. The zero-order valence-electron chi connectivity index (χ0n) is 18.0. The SMILES string of the molecule is O=C(O)C(F)(F)F.c1csc(-c2cnc3n2CCC32CCN(Cc3ccc4c(c3)OCO4)C2)c1. The van der Waals surface area contributed by atoms with Gasteiger partial charge in [-0.1, -0.05) is 12.1 Å². The van der Waals surface area contributed by atoms with Crippen molar-refractivity contribution in [3.63, 3.8) is 0 Å². The molecule has 0 amide bonds. The number of halogens is 3. The van der Waals surface area contributed by atoms with E-state index in [1.54, 1.807) is 11.3 Å². The molecule has 0 radical (unpaired) electrons. The number of carbonyl (C=O) groups is 1. The highest BCUT2D eigenvalue weighted by Crippen LogP contribution is 2.45. The topological polar surface area (TPSA) is 76.8 Å². The molecule has 1 N–H and O–H groups in total. The van der Waals surface area contributed by atoms with E-state index in [1.165, 1.54) is 34.8 Å². The third-order valence-corrected chi connectivity index (χ3v) is 7.33. The highest BCUT2D eigenvalue weighted by molar-refractivity contribution is 7.13. The maximum atomic E-state index is 10.6. The third kappa shape index (κ3) is 4.25. The number of aromatic nitrogens is 2. The number of ether oxygens (including phenoxy) is 2. The van der Waals surface area contributed by atoms with E-state index in [0.717, 1.165) is 37.7 Å². The summed E-state index contributed by atoms with van der Waals surface area (Å²) in [6.07, 6.45) is -0.618. The summed E-state index contributed by atoms with van der Waals surface area (Å²) in [7, 11) is 0. The number of nitrogens with zero attached hydrogens (tertiary/aromatic N) is 3. The van der Waals surface area contributed by atoms with Crippen LogP contribution in [-0.2, 0) is 23.3 Å². The van der Waals surface area contributed by atoms with Crippen molar-refractivity contribution < 1.29 is 32.5 Å². The number of rotatable bonds is 3. The summed E-state index contributed by atoms with van der Waals surface area (Å²) in [6, 6.07) is 10.6. The van der Waals surface area contributed by atoms with Gasteiger partial charge in [0.2, 0.25) is 6.79 Å². The van der Waals surface area contributed by atoms with Gasteiger partial charge < -0.3 is 19.1 Å². The van der Waals surface area contributed by atoms with E-state index in [0.29, 0.717) is 6.79 Å². The molecule has 1 atom stereocenters. The summed E-state index contributed by atoms with van der Waals surface area (Å²) in [5.74, 6) is 0.264. The molecule has 1 fully saturated rings. The number of likely N-dealkylation sites (tertiary alicyclic amines) is 1. The van der Waals surface area contributed by atoms with Crippen molar-refractivity contribution in [3.05, 3.63) is 53.3 Å². The van der Waals surface area contributed by atoms with Gasteiger partial charge in [0.05, 0.1) is 16.8 Å². The zero-order chi connectivity index (χ0) is 23.9. The van der Waals surface area contributed by atoms with Crippen molar-refractivity contribution in [2.45, 2.75) is 37.5 Å². The predicted molar refractivity (Wildman–Crippen MR) is 118 cm³/mol. The van der Waals surface area contributed by atoms with Crippen LogP contribution in [0.5, 0.6) is 11.5 Å². The third-order valence-electron chi connectivity index (χ3n) is 6.44. The quantitative estimate of drug-likeness (QED) is 0.578. The highest BCUT2D eigenvalue weighted by atomic mass is 32.1. The van der Waals surface area contributed by atoms with Crippen LogP contribution in [0.4, 0.5) is 13.2 Å². The fourth-order valence-corrected chi connectivity index (χ4v) is 5.61. The van der Waals surface area contributed by atoms with Crippen molar-refractivity contribution in [2.75, 3.05) is 19.9 Å². The van der Waals surface area contributed by atoms with Gasteiger partial charge in [-0.15, -0.1) is 11.3 Å². The number of hydrogen-bond acceptors (Lipinski definition) is 6. The summed E-state index contributed by atoms with van der Waals surface area (Å²) < 4.78 is 45.1. The number of aliphatic carboxylic acids is 1. The average molecular weight is 494 g/mol. The predicted octanol–water partition coefficient (Wildman–Crippen LogP) is 4.52. The first-order valence-corrected chi connectivity index (χ1v) is 11.6. The smallest absolute Gasteiger partial charge is 0.475 e. The van der Waals surface area contributed by atoms with Crippen molar-refractivity contribution in [3.8, 4) is 22.1 Å². The van der Waals surface area contributed by atoms with E-state index in [9.17, 15) is 13.2 Å². The molecule has 0 aliphatic carbocycles. The molecule has 34 heavy (non-hydrogen) atoms. The molecule has 6 rings (SSSR count). The van der Waals surface area contributed by atoms with Gasteiger partial charge in [0.15, 0.2) is 11.5 Å². The van der Waals surface area contributed by atoms with Crippen LogP contribution in [0.2, 0.25) is 0 Å². The lowest BCUT2D eigenvalue weighted by Crippen LogP contribution is -2.29. The number of benzene rings is 1. The van der Waals surface area contributed by atoms with Crippen LogP contribution in [0.25, 0.3) is 10.6 Å². The number of carboxylic acids is 1. The molecule has 180 valence electrons. The van der Waals surface area contributed by atoms with Gasteiger partial charge in [0.1, 0.15) is 5.82 Å². The monoisotopic (exact) mass is 493 g/mol. The van der Waals surface area contributed by atoms with Gasteiger partial charge in [-0.25, -0.2) is 9.78 Å². The fourth-order valence-electron chi connectivity index (χ4n) is 4.86. The van der Waals surface area contributed by atoms with E-state index in [4.69, 9.17) is 24.4 Å². The Morgan fingerprint density at radius 2 is 1.94 bits per heavy atom. The van der Waals surface area contributed by atoms with Gasteiger partial charge in [-0.3, -0.25) is 4.90 Å². The maximum Gasteiger partial charge on any atom is 0.490 e. The molecular formula is C23H22F3N3O4S. The lowest BCUT2D eigenvalue weighted by atomic mass is 9.85. The van der Waals surface area contributed by atoms with Crippen LogP contribution in [0.1, 0.15) is 24.2 Å². The summed E-state index contributed by atoms with van der Waals surface area (Å²) in [5.41, 5.74) is 2.79. The Morgan fingerprint density at radius 1 is 1.18 bits per heavy atom. The molecule has 1 spiro atoms. The van der Waals surface area contributed by atoms with Gasteiger partial charge >= 0.3 is 12.1 Å². The van der Waals surface area contributed by atoms with Crippen LogP contribution in [-0.4, -0.2) is 51.6 Å². The standard InChI is InChI=1S/C21H21N3O2S.C2HF3O2/c1-2-19(27-9-1)16-11-22-20-21(6-8-24(16)20)5-7-23(13-21)12-15-3-4-17-18(10-15)26-14-25-17;3-2(4,5)1(6)7/h1-4,9-11H,5-8,12-14H2;(H,6,7). The molecule has 3 aliphatic heterocycles. The molecule has 1 unspecified atom stereocenters. The Bertz CT molecular complexity index is 1190. The van der Waals surface area contributed by atoms with Crippen molar-refractivity contribution in [2.24, 2.45) is 0 Å². The van der Waals surface area contributed by atoms with Crippen LogP contribution in [0, 0.1) is 0 Å². The summed E-state index contributed by atoms with van der Waals surface area (Å²) >= 11 is 1.80. The molecule has 3 aromatic rings. The van der Waals surface area contributed by atoms with Crippen LogP contribution in [0.3, 0.4) is 0 Å². The Balaban J connectivity index is 0.000000304. The summed E-state index contributed by atoms with van der Waals surface area (Å²) in [5, 5.41) is 9.27. The lowest BCUT2D eigenvalue weighted by molar-refractivity contribution is -0.192. The molecule has 0 bridgehead atoms. The molecule has 0 saturated carbocycles. The number of carboxylic acid groups (broad SMARTS) is 1. The molecule has 1 aromatic carbocycles. The second-order valence-corrected chi connectivity index (χ2v) is 9.53. The zero-order valence-corrected chi connectivity index (χ0v) is 18.9. The van der Waals surface area contributed by atoms with E-state index in [2.05, 4.69) is 45.3 Å². The second kappa shape index (κ2) is 8.62. The van der Waals surface area contributed by atoms with Crippen LogP contribution >= 0.6 is 11.3 Å². The van der Waals surface area contributed by atoms with Crippen molar-refractivity contribution in [1.82, 2.24) is 14.5 Å². The van der Waals surface area contributed by atoms with Gasteiger partial charge in [0.25, 0.3) is 0 Å². The van der Waals surface area contributed by atoms with Gasteiger partial charge in [0, 0.05) is 25.0 Å². The number of fused-ring (bicyclic) bond motifs is 3. The van der Waals surface area contributed by atoms with Crippen LogP contribution < -0.4 is 9.47 Å². The molecule has 11 heteroatoms. The second-order valence-electron chi connectivity index (χ2n) is 8.58. The summed E-state index contributed by atoms with van der Waals surface area (Å²) in [4.78, 5) is 17.7. The Hall–Kier alpha value is -3.05. The molecule has 2 aromatic heterocycles. The van der Waals surface area contributed by atoms with E-state index < -0.39 is 12.1 Å². The number of alkyl halides is 3. The van der Waals surface area contributed by atoms with Gasteiger partial charge in [-0.2, -0.15) is 13.2 Å². The Kier molecular flexibility index (Phi) is 5.76. The van der Waals surface area contributed by atoms with Crippen LogP contribution in [0.15, 0.2) is 41.9 Å². The molecular weight excluding hydrogens is 471 g/mol.